The van der Waals surface area contributed by atoms with Crippen LogP contribution in [0.3, 0.4) is 0 Å². The summed E-state index contributed by atoms with van der Waals surface area (Å²) < 4.78 is 30.0. The molecule has 0 bridgehead atoms. The molecular formula is C9H10O4S. The first-order valence-electron chi connectivity index (χ1n) is 3.98. The summed E-state index contributed by atoms with van der Waals surface area (Å²) in [5.41, 5.74) is 0.276. The van der Waals surface area contributed by atoms with Gasteiger partial charge in [0.15, 0.2) is 5.78 Å². The van der Waals surface area contributed by atoms with E-state index in [4.69, 9.17) is 4.55 Å². The Labute approximate surface area is 82.3 Å². The van der Waals surface area contributed by atoms with Gasteiger partial charge in [-0.2, -0.15) is 8.42 Å². The number of carbonyl (C=O) groups is 1. The molecule has 1 atom stereocenters. The number of rotatable bonds is 3. The molecule has 0 radical (unpaired) electrons. The fourth-order valence-electron chi connectivity index (χ4n) is 0.972. The lowest BCUT2D eigenvalue weighted by Crippen LogP contribution is -2.26. The second-order valence-corrected chi connectivity index (χ2v) is 4.62. The van der Waals surface area contributed by atoms with Gasteiger partial charge in [0.05, 0.1) is 0 Å². The second kappa shape index (κ2) is 3.89. The largest absolute Gasteiger partial charge is 0.293 e. The van der Waals surface area contributed by atoms with Crippen LogP contribution in [0.5, 0.6) is 0 Å². The molecule has 0 amide bonds. The topological polar surface area (TPSA) is 71.4 Å². The van der Waals surface area contributed by atoms with E-state index in [0.717, 1.165) is 6.92 Å². The minimum atomic E-state index is -4.30. The lowest BCUT2D eigenvalue weighted by molar-refractivity contribution is 0.0989. The highest BCUT2D eigenvalue weighted by Gasteiger charge is 2.26. The Morgan fingerprint density at radius 1 is 1.29 bits per heavy atom. The molecule has 0 saturated carbocycles. The fraction of sp³-hybridized carbons (Fsp3) is 0.222. The van der Waals surface area contributed by atoms with Gasteiger partial charge in [-0.05, 0) is 6.92 Å². The molecule has 0 aliphatic heterocycles. The summed E-state index contributed by atoms with van der Waals surface area (Å²) in [6.07, 6.45) is 0. The van der Waals surface area contributed by atoms with E-state index in [-0.39, 0.29) is 5.56 Å². The van der Waals surface area contributed by atoms with Gasteiger partial charge in [0.1, 0.15) is 5.25 Å². The van der Waals surface area contributed by atoms with Gasteiger partial charge in [0.2, 0.25) is 0 Å². The SMILES string of the molecule is CC(C(=O)c1ccccc1)S(=O)(=O)O. The van der Waals surface area contributed by atoms with Gasteiger partial charge in [-0.1, -0.05) is 30.3 Å². The van der Waals surface area contributed by atoms with Crippen LogP contribution >= 0.6 is 0 Å². The normalized spacial score (nSPS) is 13.6. The molecule has 1 N–H and O–H groups in total. The van der Waals surface area contributed by atoms with E-state index in [1.165, 1.54) is 12.1 Å². The molecule has 0 heterocycles. The maximum absolute atomic E-state index is 11.5. The van der Waals surface area contributed by atoms with Crippen LogP contribution in [0.4, 0.5) is 0 Å². The van der Waals surface area contributed by atoms with Crippen molar-refractivity contribution < 1.29 is 17.8 Å². The molecule has 76 valence electrons. The standard InChI is InChI=1S/C9H10O4S/c1-7(14(11,12)13)9(10)8-5-3-2-4-6-8/h2-7H,1H3,(H,11,12,13). The molecule has 4 nitrogen and oxygen atoms in total. The maximum Gasteiger partial charge on any atom is 0.275 e. The molecule has 0 spiro atoms. The number of Topliss-reactive ketones (excluding diaryl/α,β-unsaturated/α-hetero) is 1. The predicted molar refractivity (Wildman–Crippen MR) is 51.8 cm³/mol. The molecule has 0 aliphatic carbocycles. The average Bonchev–Trinajstić information content (AvgIpc) is 2.15. The van der Waals surface area contributed by atoms with Crippen molar-refractivity contribution in [1.82, 2.24) is 0 Å². The van der Waals surface area contributed by atoms with E-state index in [2.05, 4.69) is 0 Å². The highest BCUT2D eigenvalue weighted by molar-refractivity contribution is 7.87. The van der Waals surface area contributed by atoms with Gasteiger partial charge >= 0.3 is 0 Å². The van der Waals surface area contributed by atoms with E-state index in [1.54, 1.807) is 18.2 Å². The van der Waals surface area contributed by atoms with Crippen molar-refractivity contribution in [2.75, 3.05) is 0 Å². The summed E-state index contributed by atoms with van der Waals surface area (Å²) in [4.78, 5) is 11.5. The first-order chi connectivity index (χ1) is 6.43. The molecule has 1 rings (SSSR count). The van der Waals surface area contributed by atoms with Gasteiger partial charge in [-0.25, -0.2) is 0 Å². The summed E-state index contributed by atoms with van der Waals surface area (Å²) in [5.74, 6) is -0.604. The van der Waals surface area contributed by atoms with E-state index in [0.29, 0.717) is 0 Å². The zero-order chi connectivity index (χ0) is 10.8. The number of carbonyl (C=O) groups excluding carboxylic acids is 1. The van der Waals surface area contributed by atoms with E-state index in [1.807, 2.05) is 0 Å². The molecule has 0 aromatic heterocycles. The Morgan fingerprint density at radius 3 is 2.21 bits per heavy atom. The van der Waals surface area contributed by atoms with Crippen molar-refractivity contribution in [1.29, 1.82) is 0 Å². The smallest absolute Gasteiger partial charge is 0.275 e. The summed E-state index contributed by atoms with van der Waals surface area (Å²) in [7, 11) is -4.30. The Kier molecular flexibility index (Phi) is 3.03. The van der Waals surface area contributed by atoms with E-state index in [9.17, 15) is 13.2 Å². The molecule has 0 fully saturated rings. The molecular weight excluding hydrogens is 204 g/mol. The van der Waals surface area contributed by atoms with E-state index < -0.39 is 21.2 Å². The molecule has 5 heteroatoms. The Morgan fingerprint density at radius 2 is 1.79 bits per heavy atom. The van der Waals surface area contributed by atoms with Crippen LogP contribution < -0.4 is 0 Å². The Balaban J connectivity index is 2.99. The zero-order valence-corrected chi connectivity index (χ0v) is 8.36. The van der Waals surface area contributed by atoms with Crippen LogP contribution in [0.1, 0.15) is 17.3 Å². The van der Waals surface area contributed by atoms with Crippen LogP contribution in [0.25, 0.3) is 0 Å². The molecule has 14 heavy (non-hydrogen) atoms. The van der Waals surface area contributed by atoms with Crippen LogP contribution in [-0.2, 0) is 10.1 Å². The summed E-state index contributed by atoms with van der Waals surface area (Å²) in [5, 5.41) is -1.41. The molecule has 1 unspecified atom stereocenters. The zero-order valence-electron chi connectivity index (χ0n) is 7.54. The minimum absolute atomic E-state index is 0.276. The van der Waals surface area contributed by atoms with Crippen LogP contribution in [0, 0.1) is 0 Å². The second-order valence-electron chi connectivity index (χ2n) is 2.89. The number of hydrogen-bond donors (Lipinski definition) is 1. The van der Waals surface area contributed by atoms with Gasteiger partial charge in [-0.15, -0.1) is 0 Å². The predicted octanol–water partition coefficient (Wildman–Crippen LogP) is 1.15. The van der Waals surface area contributed by atoms with Crippen molar-refractivity contribution in [2.24, 2.45) is 0 Å². The first-order valence-corrected chi connectivity index (χ1v) is 5.49. The average molecular weight is 214 g/mol. The fourth-order valence-corrected chi connectivity index (χ4v) is 1.38. The first kappa shape index (κ1) is 10.9. The molecule has 1 aromatic carbocycles. The quantitative estimate of drug-likeness (QED) is 0.605. The van der Waals surface area contributed by atoms with Crippen molar-refractivity contribution in [3.8, 4) is 0 Å². The lowest BCUT2D eigenvalue weighted by atomic mass is 10.1. The van der Waals surface area contributed by atoms with Crippen molar-refractivity contribution >= 4 is 15.9 Å². The summed E-state index contributed by atoms with van der Waals surface area (Å²) >= 11 is 0. The molecule has 0 saturated heterocycles. The van der Waals surface area contributed by atoms with Crippen LogP contribution in [-0.4, -0.2) is 24.0 Å². The highest BCUT2D eigenvalue weighted by atomic mass is 32.2. The summed E-state index contributed by atoms with van der Waals surface area (Å²) in [6, 6.07) is 7.98. The molecule has 0 aliphatic rings. The van der Waals surface area contributed by atoms with Crippen molar-refractivity contribution in [3.63, 3.8) is 0 Å². The Bertz CT molecular complexity index is 421. The number of ketones is 1. The highest BCUT2D eigenvalue weighted by Crippen LogP contribution is 2.08. The van der Waals surface area contributed by atoms with Gasteiger partial charge in [-0.3, -0.25) is 9.35 Å². The van der Waals surface area contributed by atoms with E-state index >= 15 is 0 Å². The van der Waals surface area contributed by atoms with Crippen molar-refractivity contribution in [3.05, 3.63) is 35.9 Å². The van der Waals surface area contributed by atoms with Crippen molar-refractivity contribution in [2.45, 2.75) is 12.2 Å². The third-order valence-corrected chi connectivity index (χ3v) is 2.98. The van der Waals surface area contributed by atoms with Crippen LogP contribution in [0.15, 0.2) is 30.3 Å². The Hall–Kier alpha value is -1.20. The number of hydrogen-bond acceptors (Lipinski definition) is 3. The van der Waals surface area contributed by atoms with Gasteiger partial charge in [0, 0.05) is 5.56 Å². The number of benzene rings is 1. The maximum atomic E-state index is 11.5. The lowest BCUT2D eigenvalue weighted by Gasteiger charge is -2.06. The van der Waals surface area contributed by atoms with Gasteiger partial charge < -0.3 is 0 Å². The summed E-state index contributed by atoms with van der Waals surface area (Å²) in [6.45, 7) is 1.16. The monoisotopic (exact) mass is 214 g/mol. The minimum Gasteiger partial charge on any atom is -0.293 e. The van der Waals surface area contributed by atoms with Crippen LogP contribution in [0.2, 0.25) is 0 Å². The third-order valence-electron chi connectivity index (χ3n) is 1.87. The van der Waals surface area contributed by atoms with Gasteiger partial charge in [0.25, 0.3) is 10.1 Å². The third kappa shape index (κ3) is 2.40. The molecule has 1 aromatic rings.